The van der Waals surface area contributed by atoms with Crippen molar-refractivity contribution in [1.29, 1.82) is 0 Å². The smallest absolute Gasteiger partial charge is 0.262 e. The molecule has 18 nitrogen and oxygen atoms in total. The largest absolute Gasteiger partial charge is 0.494 e. The van der Waals surface area contributed by atoms with Crippen molar-refractivity contribution in [2.45, 2.75) is 38.1 Å². The Balaban J connectivity index is 0.775. The second-order valence-corrected chi connectivity index (χ2v) is 21.4. The first-order chi connectivity index (χ1) is 33.8. The van der Waals surface area contributed by atoms with Crippen LogP contribution in [0.15, 0.2) is 59.5 Å². The molecule has 5 aliphatic rings. The molecule has 0 aliphatic carbocycles. The Morgan fingerprint density at radius 1 is 0.871 bits per heavy atom. The van der Waals surface area contributed by atoms with E-state index in [0.29, 0.717) is 59.9 Å². The number of halogens is 2. The van der Waals surface area contributed by atoms with E-state index in [1.807, 2.05) is 36.5 Å². The maximum Gasteiger partial charge on any atom is 0.262 e. The number of ether oxygens (including phenoxy) is 3. The second kappa shape index (κ2) is 19.8. The molecule has 0 radical (unpaired) electrons. The molecule has 70 heavy (non-hydrogen) atoms. The molecule has 0 bridgehead atoms. The topological polar surface area (TPSA) is 189 Å². The van der Waals surface area contributed by atoms with Gasteiger partial charge in [-0.2, -0.15) is 10.1 Å². The monoisotopic (exact) mass is 1040 g/mol. The van der Waals surface area contributed by atoms with Crippen molar-refractivity contribution in [2.24, 2.45) is 13.0 Å². The van der Waals surface area contributed by atoms with E-state index in [-0.39, 0.29) is 29.7 Å². The number of rotatable bonds is 13. The first-order valence-corrected chi connectivity index (χ1v) is 26.5. The molecule has 1 unspecified atom stereocenters. The van der Waals surface area contributed by atoms with Crippen molar-refractivity contribution >= 4 is 87.3 Å². The van der Waals surface area contributed by atoms with Gasteiger partial charge >= 0.3 is 0 Å². The van der Waals surface area contributed by atoms with Gasteiger partial charge in [-0.05, 0) is 97.7 Å². The molecular formula is C49H54BrFN11O7P. The number of aryl methyl sites for hydroxylation is 1. The molecule has 3 saturated heterocycles. The number of imide groups is 2. The molecule has 5 aromatic rings. The van der Waals surface area contributed by atoms with Crippen molar-refractivity contribution in [3.8, 4) is 28.4 Å². The van der Waals surface area contributed by atoms with Crippen molar-refractivity contribution in [3.63, 3.8) is 0 Å². The van der Waals surface area contributed by atoms with E-state index in [1.54, 1.807) is 18.0 Å². The number of methoxy groups -OCH3 is 1. The van der Waals surface area contributed by atoms with E-state index in [9.17, 15) is 19.2 Å². The maximum atomic E-state index is 15.6. The number of benzene rings is 3. The molecule has 366 valence electrons. The normalized spacial score (nSPS) is 18.7. The fourth-order valence-electron chi connectivity index (χ4n) is 10.1. The van der Waals surface area contributed by atoms with E-state index in [0.717, 1.165) is 102 Å². The average molecular weight is 1040 g/mol. The van der Waals surface area contributed by atoms with Gasteiger partial charge in [-0.3, -0.25) is 39.0 Å². The maximum absolute atomic E-state index is 15.6. The minimum Gasteiger partial charge on any atom is -0.494 e. The lowest BCUT2D eigenvalue weighted by Gasteiger charge is -2.39. The number of hydrogen-bond donors (Lipinski definition) is 3. The minimum absolute atomic E-state index is 0.0163. The molecular weight excluding hydrogens is 984 g/mol. The van der Waals surface area contributed by atoms with Gasteiger partial charge < -0.3 is 34.6 Å². The Bertz CT molecular complexity index is 2890. The van der Waals surface area contributed by atoms with Crippen LogP contribution >= 0.6 is 23.9 Å². The SMILES string of the molecule is COc1cc(N2CCN(CCC3CCN(c4cc5c(cc4F)C(=O)N(C4CCC(=O)NC4=O)C5=O)CC3)CC2)c(-c2cnn(C)c2)cc1Nc1ncc(Br)c(Nc2ccc3c(c2P(C)C)OCCO3)n1. The summed E-state index contributed by atoms with van der Waals surface area (Å²) in [4.78, 5) is 68.1. The third-order valence-corrected chi connectivity index (χ3v) is 15.7. The lowest BCUT2D eigenvalue weighted by molar-refractivity contribution is -0.136. The Kier molecular flexibility index (Phi) is 13.4. The summed E-state index contributed by atoms with van der Waals surface area (Å²) in [6, 6.07) is 9.54. The van der Waals surface area contributed by atoms with E-state index in [1.165, 1.54) is 6.07 Å². The second-order valence-electron chi connectivity index (χ2n) is 18.3. The van der Waals surface area contributed by atoms with Gasteiger partial charge in [-0.1, -0.05) is 7.92 Å². The van der Waals surface area contributed by atoms with Gasteiger partial charge in [-0.15, -0.1) is 0 Å². The molecule has 3 fully saturated rings. The van der Waals surface area contributed by atoms with Gasteiger partial charge in [0.25, 0.3) is 11.8 Å². The van der Waals surface area contributed by atoms with Crippen molar-refractivity contribution in [2.75, 3.05) is 99.9 Å². The number of nitrogens with one attached hydrogen (secondary N) is 3. The molecule has 7 heterocycles. The highest BCUT2D eigenvalue weighted by atomic mass is 79.9. The third-order valence-electron chi connectivity index (χ3n) is 13.7. The molecule has 3 N–H and O–H groups in total. The number of amides is 4. The summed E-state index contributed by atoms with van der Waals surface area (Å²) < 4.78 is 36.1. The van der Waals surface area contributed by atoms with Crippen LogP contribution in [-0.2, 0) is 16.6 Å². The molecule has 10 rings (SSSR count). The summed E-state index contributed by atoms with van der Waals surface area (Å²) in [5, 5.41) is 14.7. The van der Waals surface area contributed by atoms with Gasteiger partial charge in [0.2, 0.25) is 17.8 Å². The summed E-state index contributed by atoms with van der Waals surface area (Å²) in [7, 11) is 3.01. The Labute approximate surface area is 414 Å². The number of nitrogens with zero attached hydrogens (tertiary/aromatic N) is 8. The van der Waals surface area contributed by atoms with Crippen LogP contribution in [-0.4, -0.2) is 139 Å². The van der Waals surface area contributed by atoms with Gasteiger partial charge in [0.05, 0.1) is 46.0 Å². The highest BCUT2D eigenvalue weighted by Crippen LogP contribution is 2.44. The number of carbonyl (C=O) groups excluding carboxylic acids is 4. The van der Waals surface area contributed by atoms with Crippen LogP contribution in [0.4, 0.5) is 38.9 Å². The molecule has 1 atom stereocenters. The standard InChI is InChI=1S/C49H54BrFN11O7P/c1-58-27-29(25-53-58)30-22-36(55-49-52-26-33(50)45(57-49)54-35-5-7-40-43(44(35)70(3)4)69-20-19-68-40)41(67-2)24-38(30)61-17-15-59(16-18-61)12-9-28-10-13-60(14-11-28)39-23-32-31(21-34(39)51)47(65)62(48(32)66)37-6-8-42(63)56-46(37)64/h5,7,21-28,37H,6,8-20H2,1-4H3,(H,56,63,64)(H2,52,54,55,57). The van der Waals surface area contributed by atoms with Gasteiger partial charge in [0.1, 0.15) is 36.6 Å². The molecule has 3 aromatic carbocycles. The van der Waals surface area contributed by atoms with Crippen molar-refractivity contribution < 1.29 is 37.8 Å². The lowest BCUT2D eigenvalue weighted by atomic mass is 9.92. The zero-order valence-corrected chi connectivity index (χ0v) is 41.9. The van der Waals surface area contributed by atoms with E-state index in [2.05, 4.69) is 77.2 Å². The number of carbonyl (C=O) groups is 4. The number of aromatic nitrogens is 4. The number of anilines is 6. The summed E-state index contributed by atoms with van der Waals surface area (Å²) in [6.45, 7) is 10.9. The predicted octanol–water partition coefficient (Wildman–Crippen LogP) is 6.24. The average Bonchev–Trinajstić information content (AvgIpc) is 3.90. The van der Waals surface area contributed by atoms with Crippen molar-refractivity contribution in [1.82, 2.24) is 34.9 Å². The zero-order chi connectivity index (χ0) is 48.8. The fourth-order valence-corrected chi connectivity index (χ4v) is 11.5. The third kappa shape index (κ3) is 9.35. The van der Waals surface area contributed by atoms with Crippen molar-refractivity contribution in [3.05, 3.63) is 76.4 Å². The molecule has 2 aromatic heterocycles. The fraction of sp³-hybridized carbons (Fsp3) is 0.408. The highest BCUT2D eigenvalue weighted by Gasteiger charge is 2.45. The first-order valence-electron chi connectivity index (χ1n) is 23.5. The quantitative estimate of drug-likeness (QED) is 0.0888. The molecule has 5 aliphatic heterocycles. The summed E-state index contributed by atoms with van der Waals surface area (Å²) in [6.07, 6.45) is 8.39. The van der Waals surface area contributed by atoms with E-state index < -0.39 is 43.4 Å². The highest BCUT2D eigenvalue weighted by molar-refractivity contribution is 9.10. The van der Waals surface area contributed by atoms with Crippen LogP contribution in [0.2, 0.25) is 0 Å². The summed E-state index contributed by atoms with van der Waals surface area (Å²) in [5.41, 5.74) is 4.90. The van der Waals surface area contributed by atoms with Gasteiger partial charge in [-0.25, -0.2) is 9.37 Å². The van der Waals surface area contributed by atoms with Crippen LogP contribution < -0.4 is 45.3 Å². The Morgan fingerprint density at radius 2 is 1.61 bits per heavy atom. The van der Waals surface area contributed by atoms with Gasteiger partial charge in [0.15, 0.2) is 11.5 Å². The number of piperidine rings is 2. The Morgan fingerprint density at radius 3 is 2.33 bits per heavy atom. The minimum atomic E-state index is -1.10. The summed E-state index contributed by atoms with van der Waals surface area (Å²) >= 11 is 3.65. The number of fused-ring (bicyclic) bond motifs is 2. The summed E-state index contributed by atoms with van der Waals surface area (Å²) in [5.74, 6) is 0.508. The molecule has 21 heteroatoms. The number of piperazine rings is 1. The lowest BCUT2D eigenvalue weighted by Crippen LogP contribution is -2.54. The van der Waals surface area contributed by atoms with Crippen LogP contribution in [0.3, 0.4) is 0 Å². The molecule has 0 saturated carbocycles. The molecule has 4 amide bonds. The van der Waals surface area contributed by atoms with E-state index >= 15 is 4.39 Å². The Hall–Kier alpha value is -6.37. The van der Waals surface area contributed by atoms with Crippen LogP contribution in [0.25, 0.3) is 11.1 Å². The predicted molar refractivity (Wildman–Crippen MR) is 269 cm³/mol. The van der Waals surface area contributed by atoms with Gasteiger partial charge in [0, 0.05) is 93.3 Å². The first kappa shape index (κ1) is 47.3. The molecule has 0 spiro atoms. The van der Waals surface area contributed by atoms with Crippen LogP contribution in [0, 0.1) is 11.7 Å². The van der Waals surface area contributed by atoms with E-state index in [4.69, 9.17) is 19.2 Å². The number of hydrogen-bond acceptors (Lipinski definition) is 15. The van der Waals surface area contributed by atoms with Crippen LogP contribution in [0.1, 0.15) is 52.8 Å². The zero-order valence-electron chi connectivity index (χ0n) is 39.4. The van der Waals surface area contributed by atoms with Crippen LogP contribution in [0.5, 0.6) is 17.2 Å².